The Balaban J connectivity index is 1.58. The Morgan fingerprint density at radius 1 is 1.17 bits per heavy atom. The van der Waals surface area contributed by atoms with Gasteiger partial charge in [0.2, 0.25) is 10.0 Å². The molecule has 5 heterocycles. The first-order valence-corrected chi connectivity index (χ1v) is 10.7. The van der Waals surface area contributed by atoms with Gasteiger partial charge in [-0.15, -0.1) is 0 Å². The van der Waals surface area contributed by atoms with Gasteiger partial charge in [-0.25, -0.2) is 18.4 Å². The Labute approximate surface area is 166 Å². The Morgan fingerprint density at radius 2 is 1.83 bits per heavy atom. The zero-order chi connectivity index (χ0) is 21.1. The van der Waals surface area contributed by atoms with Crippen molar-refractivity contribution in [2.75, 3.05) is 18.0 Å². The first-order chi connectivity index (χ1) is 13.5. The van der Waals surface area contributed by atoms with E-state index in [-0.39, 0.29) is 35.9 Å². The van der Waals surface area contributed by atoms with Gasteiger partial charge in [0.1, 0.15) is 22.7 Å². The number of rotatable bonds is 4. The number of fused-ring (bicyclic) bond motifs is 2. The molecular formula is C17H21F3N6O2S. The summed E-state index contributed by atoms with van der Waals surface area (Å²) in [7, 11) is -3.74. The van der Waals surface area contributed by atoms with E-state index in [2.05, 4.69) is 15.1 Å². The lowest BCUT2D eigenvalue weighted by molar-refractivity contribution is -0.141. The fraction of sp³-hybridized carbons (Fsp3) is 0.588. The van der Waals surface area contributed by atoms with Crippen LogP contribution in [0.15, 0.2) is 17.3 Å². The highest BCUT2D eigenvalue weighted by Gasteiger charge is 2.52. The van der Waals surface area contributed by atoms with Gasteiger partial charge < -0.3 is 4.90 Å². The zero-order valence-corrected chi connectivity index (χ0v) is 17.0. The van der Waals surface area contributed by atoms with E-state index >= 15 is 0 Å². The highest BCUT2D eigenvalue weighted by atomic mass is 32.2. The second-order valence-corrected chi connectivity index (χ2v) is 9.14. The lowest BCUT2D eigenvalue weighted by atomic mass is 9.91. The summed E-state index contributed by atoms with van der Waals surface area (Å²) < 4.78 is 68.5. The molecule has 3 aliphatic rings. The minimum absolute atomic E-state index is 0.158. The van der Waals surface area contributed by atoms with Crippen molar-refractivity contribution in [3.05, 3.63) is 29.5 Å². The second-order valence-electron chi connectivity index (χ2n) is 7.36. The van der Waals surface area contributed by atoms with Crippen molar-refractivity contribution in [3.8, 4) is 0 Å². The molecule has 8 nitrogen and oxygen atoms in total. The number of anilines is 1. The van der Waals surface area contributed by atoms with Crippen LogP contribution in [0.5, 0.6) is 0 Å². The summed E-state index contributed by atoms with van der Waals surface area (Å²) in [5.41, 5.74) is 0.0405. The molecule has 3 saturated heterocycles. The summed E-state index contributed by atoms with van der Waals surface area (Å²) in [5, 5.41) is 4.30. The lowest BCUT2D eigenvalue weighted by Crippen LogP contribution is -2.70. The minimum atomic E-state index is -4.56. The highest BCUT2D eigenvalue weighted by molar-refractivity contribution is 7.89. The van der Waals surface area contributed by atoms with Gasteiger partial charge in [-0.1, -0.05) is 0 Å². The molecule has 0 saturated carbocycles. The number of halogens is 3. The van der Waals surface area contributed by atoms with Crippen LogP contribution in [-0.4, -0.2) is 57.6 Å². The summed E-state index contributed by atoms with van der Waals surface area (Å²) in [5.74, 6) is 0.158. The molecular weight excluding hydrogens is 409 g/mol. The summed E-state index contributed by atoms with van der Waals surface area (Å²) in [6.07, 6.45) is -2.99. The third-order valence-corrected chi connectivity index (χ3v) is 7.80. The van der Waals surface area contributed by atoms with Crippen LogP contribution in [0.1, 0.15) is 30.4 Å². The predicted octanol–water partition coefficient (Wildman–Crippen LogP) is 1.98. The molecule has 2 aromatic rings. The summed E-state index contributed by atoms with van der Waals surface area (Å²) in [4.78, 5) is 9.15. The van der Waals surface area contributed by atoms with E-state index in [1.54, 1.807) is 23.4 Å². The van der Waals surface area contributed by atoms with Crippen LogP contribution in [0.4, 0.5) is 19.0 Å². The van der Waals surface area contributed by atoms with Crippen molar-refractivity contribution in [2.24, 2.45) is 0 Å². The molecule has 0 spiro atoms. The molecule has 0 aromatic carbocycles. The second kappa shape index (κ2) is 6.66. The van der Waals surface area contributed by atoms with Crippen molar-refractivity contribution in [1.82, 2.24) is 24.1 Å². The Bertz CT molecular complexity index is 1040. The maximum atomic E-state index is 13.3. The Morgan fingerprint density at radius 3 is 2.38 bits per heavy atom. The van der Waals surface area contributed by atoms with Crippen LogP contribution in [-0.2, 0) is 22.7 Å². The predicted molar refractivity (Wildman–Crippen MR) is 97.8 cm³/mol. The van der Waals surface area contributed by atoms with E-state index in [0.717, 1.165) is 12.4 Å². The lowest BCUT2D eigenvalue weighted by Gasteiger charge is -2.55. The van der Waals surface area contributed by atoms with E-state index in [1.165, 1.54) is 4.31 Å². The molecule has 0 amide bonds. The van der Waals surface area contributed by atoms with Crippen LogP contribution in [0, 0.1) is 13.8 Å². The van der Waals surface area contributed by atoms with Gasteiger partial charge in [0, 0.05) is 37.8 Å². The molecule has 158 valence electrons. The van der Waals surface area contributed by atoms with Crippen LogP contribution < -0.4 is 4.90 Å². The molecule has 0 N–H and O–H groups in total. The fourth-order valence-electron chi connectivity index (χ4n) is 4.30. The monoisotopic (exact) mass is 430 g/mol. The first kappa shape index (κ1) is 20.1. The van der Waals surface area contributed by atoms with Crippen molar-refractivity contribution in [1.29, 1.82) is 0 Å². The Kier molecular flexibility index (Phi) is 4.61. The van der Waals surface area contributed by atoms with Crippen LogP contribution in [0.25, 0.3) is 0 Å². The molecule has 2 bridgehead atoms. The molecule has 2 unspecified atom stereocenters. The maximum absolute atomic E-state index is 13.3. The van der Waals surface area contributed by atoms with Gasteiger partial charge in [-0.3, -0.25) is 4.68 Å². The van der Waals surface area contributed by atoms with Gasteiger partial charge >= 0.3 is 6.18 Å². The molecule has 2 aromatic heterocycles. The topological polar surface area (TPSA) is 84.2 Å². The smallest absolute Gasteiger partial charge is 0.353 e. The maximum Gasteiger partial charge on any atom is 0.433 e. The van der Waals surface area contributed by atoms with Crippen LogP contribution >= 0.6 is 0 Å². The largest absolute Gasteiger partial charge is 0.433 e. The first-order valence-electron chi connectivity index (χ1n) is 9.25. The number of aryl methyl sites for hydroxylation is 2. The molecule has 3 fully saturated rings. The van der Waals surface area contributed by atoms with Gasteiger partial charge in [0.15, 0.2) is 0 Å². The van der Waals surface area contributed by atoms with Gasteiger partial charge in [0.05, 0.1) is 11.4 Å². The summed E-state index contributed by atoms with van der Waals surface area (Å²) >= 11 is 0. The molecule has 0 aliphatic carbocycles. The minimum Gasteiger partial charge on any atom is -0.353 e. The van der Waals surface area contributed by atoms with Gasteiger partial charge in [-0.05, 0) is 27.2 Å². The van der Waals surface area contributed by atoms with E-state index < -0.39 is 21.9 Å². The number of hydrogen-bond donors (Lipinski definition) is 0. The number of hydrogen-bond acceptors (Lipinski definition) is 6. The van der Waals surface area contributed by atoms with Gasteiger partial charge in [-0.2, -0.15) is 22.6 Å². The number of aromatic nitrogens is 4. The van der Waals surface area contributed by atoms with Crippen LogP contribution in [0.2, 0.25) is 0 Å². The molecule has 3 aliphatic heterocycles. The third-order valence-electron chi connectivity index (χ3n) is 5.54. The molecule has 0 radical (unpaired) electrons. The van der Waals surface area contributed by atoms with E-state index in [4.69, 9.17) is 0 Å². The molecule has 5 rings (SSSR count). The number of nitrogens with zero attached hydrogens (tertiary/aromatic N) is 6. The Hall–Kier alpha value is -2.21. The highest BCUT2D eigenvalue weighted by Crippen LogP contribution is 2.40. The number of piperazine rings is 1. The normalized spacial score (nSPS) is 22.6. The average Bonchev–Trinajstić information content (AvgIpc) is 2.95. The number of alkyl halides is 3. The zero-order valence-electron chi connectivity index (χ0n) is 16.2. The SMILES string of the molecule is CCn1nc(C)c(S(=O)(=O)N2C3CC2CN(c2cc(C(F)(F)F)ncn2)C3)c1C. The van der Waals surface area contributed by atoms with Crippen LogP contribution in [0.3, 0.4) is 0 Å². The number of sulfonamides is 1. The van der Waals surface area contributed by atoms with Gasteiger partial charge in [0.25, 0.3) is 0 Å². The average molecular weight is 430 g/mol. The van der Waals surface area contributed by atoms with Crippen molar-refractivity contribution in [2.45, 2.75) is 56.9 Å². The standard InChI is InChI=1S/C17H21F3N6O2S/c1-4-25-11(3)16(10(2)23-25)29(27,28)26-12-5-13(26)8-24(7-12)15-6-14(17(18,19)20)21-9-22-15/h6,9,12-13H,4-5,7-8H2,1-3H3. The van der Waals surface area contributed by atoms with E-state index in [9.17, 15) is 21.6 Å². The summed E-state index contributed by atoms with van der Waals surface area (Å²) in [6, 6.07) is 0.280. The summed E-state index contributed by atoms with van der Waals surface area (Å²) in [6.45, 7) is 6.43. The quantitative estimate of drug-likeness (QED) is 0.738. The number of piperidine rings is 1. The van der Waals surface area contributed by atoms with Crippen molar-refractivity contribution >= 4 is 15.8 Å². The van der Waals surface area contributed by atoms with Crippen molar-refractivity contribution < 1.29 is 21.6 Å². The van der Waals surface area contributed by atoms with E-state index in [0.29, 0.717) is 24.4 Å². The molecule has 29 heavy (non-hydrogen) atoms. The molecule has 12 heteroatoms. The third kappa shape index (κ3) is 3.18. The molecule has 2 atom stereocenters. The van der Waals surface area contributed by atoms with Crippen molar-refractivity contribution in [3.63, 3.8) is 0 Å². The van der Waals surface area contributed by atoms with E-state index in [1.807, 2.05) is 6.92 Å². The fourth-order valence-corrected chi connectivity index (χ4v) is 6.49.